The van der Waals surface area contributed by atoms with Crippen LogP contribution in [0.2, 0.25) is 0 Å². The molecule has 0 radical (unpaired) electrons. The first-order valence-corrected chi connectivity index (χ1v) is 7.89. The summed E-state index contributed by atoms with van der Waals surface area (Å²) in [5.74, 6) is -0.261. The number of aromatic nitrogens is 1. The minimum absolute atomic E-state index is 0. The maximum atomic E-state index is 12.0. The van der Waals surface area contributed by atoms with E-state index in [1.165, 1.54) is 11.3 Å². The summed E-state index contributed by atoms with van der Waals surface area (Å²) in [5.41, 5.74) is 11.7. The highest BCUT2D eigenvalue weighted by atomic mass is 35.5. The van der Waals surface area contributed by atoms with Crippen molar-refractivity contribution in [3.63, 3.8) is 0 Å². The third kappa shape index (κ3) is 6.15. The number of halogens is 1. The van der Waals surface area contributed by atoms with E-state index in [2.05, 4.69) is 10.3 Å². The molecule has 0 unspecified atom stereocenters. The number of carbonyl (C=O) groups excluding carboxylic acids is 2. The van der Waals surface area contributed by atoms with E-state index in [1.54, 1.807) is 23.6 Å². The van der Waals surface area contributed by atoms with E-state index >= 15 is 0 Å². The molecule has 2 amide bonds. The van der Waals surface area contributed by atoms with Gasteiger partial charge in [0.05, 0.1) is 5.01 Å². The van der Waals surface area contributed by atoms with Crippen molar-refractivity contribution in [1.29, 1.82) is 0 Å². The Labute approximate surface area is 149 Å². The molecule has 0 aliphatic rings. The smallest absolute Gasteiger partial charge is 0.271 e. The molecule has 130 valence electrons. The third-order valence-electron chi connectivity index (χ3n) is 2.88. The number of thiazole rings is 1. The third-order valence-corrected chi connectivity index (χ3v) is 3.78. The second kappa shape index (κ2) is 9.86. The topological polar surface area (TPSA) is 120 Å². The molecule has 7 nitrogen and oxygen atoms in total. The van der Waals surface area contributed by atoms with Crippen molar-refractivity contribution in [3.05, 3.63) is 45.9 Å². The van der Waals surface area contributed by atoms with Gasteiger partial charge in [-0.1, -0.05) is 12.1 Å². The zero-order valence-electron chi connectivity index (χ0n) is 12.9. The molecule has 0 fully saturated rings. The van der Waals surface area contributed by atoms with E-state index < -0.39 is 5.91 Å². The molecule has 1 heterocycles. The average Bonchev–Trinajstić information content (AvgIpc) is 3.00. The highest BCUT2D eigenvalue weighted by Gasteiger charge is 2.10. The molecule has 9 heteroatoms. The van der Waals surface area contributed by atoms with Crippen LogP contribution in [0.15, 0.2) is 29.6 Å². The van der Waals surface area contributed by atoms with Crippen LogP contribution in [0.3, 0.4) is 0 Å². The van der Waals surface area contributed by atoms with E-state index in [-0.39, 0.29) is 24.9 Å². The Morgan fingerprint density at radius 1 is 1.33 bits per heavy atom. The van der Waals surface area contributed by atoms with Crippen molar-refractivity contribution in [2.24, 2.45) is 11.5 Å². The van der Waals surface area contributed by atoms with Crippen molar-refractivity contribution >= 4 is 35.6 Å². The molecule has 5 N–H and O–H groups in total. The van der Waals surface area contributed by atoms with Gasteiger partial charge in [0, 0.05) is 18.3 Å². The Morgan fingerprint density at radius 3 is 2.83 bits per heavy atom. The molecule has 1 aromatic heterocycles. The Bertz CT molecular complexity index is 693. The number of hydrogen-bond donors (Lipinski definition) is 3. The second-order valence-electron chi connectivity index (χ2n) is 4.75. The predicted octanol–water partition coefficient (Wildman–Crippen LogP) is 0.860. The molecule has 2 aromatic rings. The van der Waals surface area contributed by atoms with Gasteiger partial charge in [0.2, 0.25) is 0 Å². The van der Waals surface area contributed by atoms with Gasteiger partial charge >= 0.3 is 0 Å². The van der Waals surface area contributed by atoms with E-state index in [4.69, 9.17) is 16.2 Å². The van der Waals surface area contributed by atoms with Gasteiger partial charge in [0.15, 0.2) is 6.61 Å². The van der Waals surface area contributed by atoms with Crippen LogP contribution in [0.1, 0.15) is 21.1 Å². The number of primary amides is 1. The highest BCUT2D eigenvalue weighted by molar-refractivity contribution is 7.09. The number of hydrogen-bond acceptors (Lipinski definition) is 6. The summed E-state index contributed by atoms with van der Waals surface area (Å²) in [7, 11) is 0. The predicted molar refractivity (Wildman–Crippen MR) is 94.4 cm³/mol. The Morgan fingerprint density at radius 2 is 2.12 bits per heavy atom. The van der Waals surface area contributed by atoms with Crippen LogP contribution in [0.4, 0.5) is 0 Å². The zero-order chi connectivity index (χ0) is 16.7. The number of rotatable bonds is 8. The number of ether oxygens (including phenoxy) is 1. The van der Waals surface area contributed by atoms with Gasteiger partial charge < -0.3 is 21.5 Å². The van der Waals surface area contributed by atoms with E-state index in [9.17, 15) is 9.59 Å². The lowest BCUT2D eigenvalue weighted by Gasteiger charge is -2.07. The molecule has 24 heavy (non-hydrogen) atoms. The lowest BCUT2D eigenvalue weighted by molar-refractivity contribution is -0.119. The molecule has 0 bridgehead atoms. The monoisotopic (exact) mass is 370 g/mol. The quantitative estimate of drug-likeness (QED) is 0.636. The van der Waals surface area contributed by atoms with Gasteiger partial charge in [-0.3, -0.25) is 9.59 Å². The number of carbonyl (C=O) groups is 2. The fourth-order valence-corrected chi connectivity index (χ4v) is 2.62. The van der Waals surface area contributed by atoms with E-state index in [0.29, 0.717) is 31.0 Å². The number of benzene rings is 1. The van der Waals surface area contributed by atoms with Crippen LogP contribution in [0.5, 0.6) is 5.75 Å². The lowest BCUT2D eigenvalue weighted by atomic mass is 10.2. The average molecular weight is 371 g/mol. The molecule has 2 rings (SSSR count). The number of nitrogens with one attached hydrogen (secondary N) is 1. The zero-order valence-corrected chi connectivity index (χ0v) is 14.5. The highest BCUT2D eigenvalue weighted by Crippen LogP contribution is 2.14. The normalized spacial score (nSPS) is 9.88. The number of nitrogens with zero attached hydrogens (tertiary/aromatic N) is 1. The van der Waals surface area contributed by atoms with Crippen molar-refractivity contribution in [3.8, 4) is 5.75 Å². The summed E-state index contributed by atoms with van der Waals surface area (Å²) in [6.07, 6.45) is 0.664. The van der Waals surface area contributed by atoms with E-state index in [0.717, 1.165) is 10.6 Å². The van der Waals surface area contributed by atoms with Crippen LogP contribution >= 0.6 is 23.7 Å². The summed E-state index contributed by atoms with van der Waals surface area (Å²) < 4.78 is 5.22. The van der Waals surface area contributed by atoms with Crippen LogP contribution in [-0.4, -0.2) is 29.9 Å². The summed E-state index contributed by atoms with van der Waals surface area (Å²) in [4.78, 5) is 27.0. The fourth-order valence-electron chi connectivity index (χ4n) is 1.83. The van der Waals surface area contributed by atoms with Gasteiger partial charge in [-0.05, 0) is 24.2 Å². The summed E-state index contributed by atoms with van der Waals surface area (Å²) in [6.45, 7) is 0.654. The van der Waals surface area contributed by atoms with Crippen LogP contribution in [-0.2, 0) is 17.8 Å². The Hall–Kier alpha value is -2.16. The maximum absolute atomic E-state index is 12.0. The van der Waals surface area contributed by atoms with Crippen molar-refractivity contribution in [2.75, 3.05) is 13.2 Å². The molecule has 0 aliphatic heterocycles. The largest absolute Gasteiger partial charge is 0.484 e. The van der Waals surface area contributed by atoms with Gasteiger partial charge in [-0.15, -0.1) is 23.7 Å². The first-order chi connectivity index (χ1) is 11.1. The fraction of sp³-hybridized carbons (Fsp3) is 0.267. The van der Waals surface area contributed by atoms with Crippen molar-refractivity contribution < 1.29 is 14.3 Å². The molecule has 0 saturated carbocycles. The van der Waals surface area contributed by atoms with Crippen molar-refractivity contribution in [2.45, 2.75) is 13.0 Å². The first kappa shape index (κ1) is 19.9. The van der Waals surface area contributed by atoms with E-state index in [1.807, 2.05) is 6.07 Å². The standard InChI is InChI=1S/C15H18N4O3S.ClH/c16-5-4-14-19-12(9-23-14)15(21)18-7-10-2-1-3-11(6-10)22-8-13(17)20;/h1-3,6,9H,4-5,7-8,16H2,(H2,17,20)(H,18,21);1H. The first-order valence-electron chi connectivity index (χ1n) is 7.01. The molecule has 1 aromatic carbocycles. The Balaban J connectivity index is 0.00000288. The molecule has 0 spiro atoms. The minimum Gasteiger partial charge on any atom is -0.484 e. The minimum atomic E-state index is -0.541. The SMILES string of the molecule is Cl.NCCc1nc(C(=O)NCc2cccc(OCC(N)=O)c2)cs1. The second-order valence-corrected chi connectivity index (χ2v) is 5.69. The molecule has 0 aliphatic carbocycles. The number of nitrogens with two attached hydrogens (primary N) is 2. The maximum Gasteiger partial charge on any atom is 0.271 e. The summed E-state index contributed by atoms with van der Waals surface area (Å²) in [6, 6.07) is 7.08. The molecule has 0 saturated heterocycles. The Kier molecular flexibility index (Phi) is 8.17. The summed E-state index contributed by atoms with van der Waals surface area (Å²) in [5, 5.41) is 5.35. The van der Waals surface area contributed by atoms with Gasteiger partial charge in [0.25, 0.3) is 11.8 Å². The van der Waals surface area contributed by atoms with Gasteiger partial charge in [0.1, 0.15) is 11.4 Å². The van der Waals surface area contributed by atoms with Crippen LogP contribution in [0, 0.1) is 0 Å². The number of amides is 2. The van der Waals surface area contributed by atoms with Gasteiger partial charge in [-0.25, -0.2) is 4.98 Å². The van der Waals surface area contributed by atoms with Crippen LogP contribution < -0.4 is 21.5 Å². The molecular formula is C15H19ClN4O3S. The molecule has 0 atom stereocenters. The molecular weight excluding hydrogens is 352 g/mol. The lowest BCUT2D eigenvalue weighted by Crippen LogP contribution is -2.23. The van der Waals surface area contributed by atoms with Crippen LogP contribution in [0.25, 0.3) is 0 Å². The van der Waals surface area contributed by atoms with Crippen molar-refractivity contribution in [1.82, 2.24) is 10.3 Å². The summed E-state index contributed by atoms with van der Waals surface area (Å²) >= 11 is 1.42. The van der Waals surface area contributed by atoms with Gasteiger partial charge in [-0.2, -0.15) is 0 Å².